The van der Waals surface area contributed by atoms with Gasteiger partial charge in [-0.15, -0.1) is 0 Å². The molecule has 0 amide bonds. The molecule has 2 aromatic heterocycles. The maximum absolute atomic E-state index is 5.91. The molecule has 0 unspecified atom stereocenters. The normalized spacial score (nSPS) is 11.9. The van der Waals surface area contributed by atoms with Gasteiger partial charge < -0.3 is 15.8 Å². The monoisotopic (exact) mass is 287 g/mol. The molecule has 0 bridgehead atoms. The van der Waals surface area contributed by atoms with E-state index in [9.17, 15) is 0 Å². The summed E-state index contributed by atoms with van der Waals surface area (Å²) >= 11 is 0. The number of anilines is 2. The molecule has 112 valence electrons. The second-order valence-corrected chi connectivity index (χ2v) is 4.74. The fourth-order valence-corrected chi connectivity index (χ4v) is 1.85. The molecule has 0 saturated carbocycles. The van der Waals surface area contributed by atoms with Crippen molar-refractivity contribution in [3.63, 3.8) is 0 Å². The Morgan fingerprint density at radius 1 is 1.33 bits per heavy atom. The molecule has 6 heteroatoms. The fraction of sp³-hybridized carbons (Fsp3) is 0.400. The third-order valence-electron chi connectivity index (χ3n) is 3.00. The first-order valence-electron chi connectivity index (χ1n) is 7.14. The van der Waals surface area contributed by atoms with Crippen molar-refractivity contribution in [2.24, 2.45) is 0 Å². The topological polar surface area (TPSA) is 86.0 Å². The predicted molar refractivity (Wildman–Crippen MR) is 83.1 cm³/mol. The molecule has 0 aromatic carbocycles. The molecular weight excluding hydrogens is 266 g/mol. The summed E-state index contributed by atoms with van der Waals surface area (Å²) in [5.41, 5.74) is 6.50. The fourth-order valence-electron chi connectivity index (χ4n) is 1.85. The van der Waals surface area contributed by atoms with Gasteiger partial charge in [-0.05, 0) is 25.5 Å². The Morgan fingerprint density at radius 3 is 2.90 bits per heavy atom. The first-order chi connectivity index (χ1) is 10.2. The summed E-state index contributed by atoms with van der Waals surface area (Å²) in [5, 5.41) is 3.24. The number of hydrogen-bond acceptors (Lipinski definition) is 6. The van der Waals surface area contributed by atoms with Crippen LogP contribution in [0.25, 0.3) is 0 Å². The number of rotatable bonds is 7. The second kappa shape index (κ2) is 7.42. The van der Waals surface area contributed by atoms with Crippen molar-refractivity contribution in [2.75, 3.05) is 17.6 Å². The lowest BCUT2D eigenvalue weighted by Crippen LogP contribution is -2.11. The van der Waals surface area contributed by atoms with Gasteiger partial charge in [-0.1, -0.05) is 19.4 Å². The van der Waals surface area contributed by atoms with Crippen molar-refractivity contribution in [1.29, 1.82) is 0 Å². The van der Waals surface area contributed by atoms with Gasteiger partial charge in [0.1, 0.15) is 6.10 Å². The van der Waals surface area contributed by atoms with Crippen LogP contribution in [0.15, 0.2) is 30.6 Å². The minimum absolute atomic E-state index is 0.190. The molecule has 3 N–H and O–H groups in total. The molecule has 2 heterocycles. The largest absolute Gasteiger partial charge is 0.479 e. The van der Waals surface area contributed by atoms with Gasteiger partial charge in [0, 0.05) is 12.7 Å². The van der Waals surface area contributed by atoms with Crippen molar-refractivity contribution >= 4 is 11.8 Å². The van der Waals surface area contributed by atoms with Gasteiger partial charge in [-0.3, -0.25) is 4.98 Å². The van der Waals surface area contributed by atoms with Gasteiger partial charge >= 0.3 is 0 Å². The Hall–Kier alpha value is -2.37. The third-order valence-corrected chi connectivity index (χ3v) is 3.00. The molecule has 0 radical (unpaired) electrons. The zero-order chi connectivity index (χ0) is 15.1. The summed E-state index contributed by atoms with van der Waals surface area (Å²) in [6.45, 7) is 4.90. The van der Waals surface area contributed by atoms with E-state index < -0.39 is 0 Å². The smallest absolute Gasteiger partial charge is 0.222 e. The van der Waals surface area contributed by atoms with E-state index in [0.717, 1.165) is 25.1 Å². The van der Waals surface area contributed by atoms with Crippen LogP contribution in [0.2, 0.25) is 0 Å². The van der Waals surface area contributed by atoms with E-state index in [1.54, 1.807) is 12.4 Å². The minimum Gasteiger partial charge on any atom is -0.479 e. The number of ether oxygens (including phenoxy) is 1. The number of hydrogen-bond donors (Lipinski definition) is 2. The van der Waals surface area contributed by atoms with Crippen molar-refractivity contribution < 1.29 is 4.74 Å². The Labute approximate surface area is 124 Å². The number of unbranched alkanes of at least 4 members (excludes halogenated alkanes) is 1. The summed E-state index contributed by atoms with van der Waals surface area (Å²) in [6.07, 6.45) is 5.31. The van der Waals surface area contributed by atoms with Crippen LogP contribution in [0.5, 0.6) is 5.75 Å². The van der Waals surface area contributed by atoms with Crippen molar-refractivity contribution in [3.8, 4) is 5.75 Å². The maximum atomic E-state index is 5.91. The molecule has 0 aliphatic carbocycles. The van der Waals surface area contributed by atoms with E-state index in [-0.39, 0.29) is 12.1 Å². The summed E-state index contributed by atoms with van der Waals surface area (Å²) in [7, 11) is 0. The van der Waals surface area contributed by atoms with Gasteiger partial charge in [-0.2, -0.15) is 4.98 Å². The van der Waals surface area contributed by atoms with Crippen molar-refractivity contribution in [2.45, 2.75) is 32.8 Å². The van der Waals surface area contributed by atoms with Gasteiger partial charge in [0.15, 0.2) is 11.6 Å². The van der Waals surface area contributed by atoms with E-state index in [4.69, 9.17) is 10.5 Å². The molecule has 0 saturated heterocycles. The summed E-state index contributed by atoms with van der Waals surface area (Å²) in [6, 6.07) is 5.73. The molecule has 0 spiro atoms. The first kappa shape index (κ1) is 15.0. The lowest BCUT2D eigenvalue weighted by Gasteiger charge is -2.17. The number of nitrogens with two attached hydrogens (primary N) is 1. The van der Waals surface area contributed by atoms with Crippen LogP contribution in [0.4, 0.5) is 11.8 Å². The van der Waals surface area contributed by atoms with E-state index in [1.165, 1.54) is 0 Å². The Kier molecular flexibility index (Phi) is 5.31. The molecule has 1 atom stereocenters. The van der Waals surface area contributed by atoms with Crippen LogP contribution < -0.4 is 15.8 Å². The highest BCUT2D eigenvalue weighted by Crippen LogP contribution is 2.26. The Bertz CT molecular complexity index is 561. The molecule has 0 aliphatic rings. The van der Waals surface area contributed by atoms with Crippen LogP contribution in [0.1, 0.15) is 38.5 Å². The summed E-state index contributed by atoms with van der Waals surface area (Å²) in [4.78, 5) is 12.5. The van der Waals surface area contributed by atoms with Crippen LogP contribution in [-0.2, 0) is 0 Å². The molecule has 2 rings (SSSR count). The van der Waals surface area contributed by atoms with E-state index in [2.05, 4.69) is 27.2 Å². The van der Waals surface area contributed by atoms with Gasteiger partial charge in [0.05, 0.1) is 11.9 Å². The molecule has 0 fully saturated rings. The standard InChI is InChI=1S/C15H21N5O/c1-3-4-8-18-14-13(10-19-15(16)20-14)21-11(2)12-7-5-6-9-17-12/h5-7,9-11H,3-4,8H2,1-2H3,(H3,16,18,19,20)/t11-/m0/s1. The zero-order valence-corrected chi connectivity index (χ0v) is 12.4. The lowest BCUT2D eigenvalue weighted by atomic mass is 10.2. The van der Waals surface area contributed by atoms with Crippen molar-refractivity contribution in [1.82, 2.24) is 15.0 Å². The number of pyridine rings is 1. The van der Waals surface area contributed by atoms with Gasteiger partial charge in [-0.25, -0.2) is 4.98 Å². The lowest BCUT2D eigenvalue weighted by molar-refractivity contribution is 0.221. The highest BCUT2D eigenvalue weighted by molar-refractivity contribution is 5.51. The molecular formula is C15H21N5O. The van der Waals surface area contributed by atoms with Crippen LogP contribution in [0, 0.1) is 0 Å². The van der Waals surface area contributed by atoms with Gasteiger partial charge in [0.2, 0.25) is 5.95 Å². The van der Waals surface area contributed by atoms with Crippen molar-refractivity contribution in [3.05, 3.63) is 36.3 Å². The molecule has 21 heavy (non-hydrogen) atoms. The zero-order valence-electron chi connectivity index (χ0n) is 12.4. The average Bonchev–Trinajstić information content (AvgIpc) is 2.51. The van der Waals surface area contributed by atoms with E-state index in [0.29, 0.717) is 11.6 Å². The Balaban J connectivity index is 2.11. The highest BCUT2D eigenvalue weighted by Gasteiger charge is 2.13. The van der Waals surface area contributed by atoms with Gasteiger partial charge in [0.25, 0.3) is 0 Å². The number of nitrogens with one attached hydrogen (secondary N) is 1. The molecule has 2 aromatic rings. The predicted octanol–water partition coefficient (Wildman–Crippen LogP) is 2.81. The van der Waals surface area contributed by atoms with E-state index >= 15 is 0 Å². The SMILES string of the molecule is CCCCNc1nc(N)ncc1O[C@@H](C)c1ccccn1. The van der Waals surface area contributed by atoms with E-state index in [1.807, 2.05) is 25.1 Å². The number of nitrogens with zero attached hydrogens (tertiary/aromatic N) is 3. The number of nitrogen functional groups attached to an aromatic ring is 1. The minimum atomic E-state index is -0.190. The molecule has 0 aliphatic heterocycles. The van der Waals surface area contributed by atoms with Crippen LogP contribution in [-0.4, -0.2) is 21.5 Å². The number of aromatic nitrogens is 3. The third kappa shape index (κ3) is 4.30. The second-order valence-electron chi connectivity index (χ2n) is 4.74. The molecule has 6 nitrogen and oxygen atoms in total. The maximum Gasteiger partial charge on any atom is 0.222 e. The van der Waals surface area contributed by atoms with Crippen LogP contribution in [0.3, 0.4) is 0 Å². The highest BCUT2D eigenvalue weighted by atomic mass is 16.5. The summed E-state index contributed by atoms with van der Waals surface area (Å²) in [5.74, 6) is 1.43. The summed E-state index contributed by atoms with van der Waals surface area (Å²) < 4.78 is 5.91. The average molecular weight is 287 g/mol. The van der Waals surface area contributed by atoms with Crippen LogP contribution >= 0.6 is 0 Å². The Morgan fingerprint density at radius 2 is 2.19 bits per heavy atom. The first-order valence-corrected chi connectivity index (χ1v) is 7.14. The quantitative estimate of drug-likeness (QED) is 0.762.